The molecule has 1 aromatic heterocycles. The average Bonchev–Trinajstić information content (AvgIpc) is 2.79. The van der Waals surface area contributed by atoms with Crippen LogP contribution in [0.1, 0.15) is 24.2 Å². The maximum atomic E-state index is 12.8. The van der Waals surface area contributed by atoms with Crippen LogP contribution in [0.4, 0.5) is 11.4 Å². The van der Waals surface area contributed by atoms with Crippen molar-refractivity contribution < 1.29 is 18.5 Å². The number of ether oxygens (including phenoxy) is 2. The molecule has 0 radical (unpaired) electrons. The first kappa shape index (κ1) is 26.3. The van der Waals surface area contributed by atoms with Gasteiger partial charge in [0.25, 0.3) is 5.91 Å². The molecule has 3 rings (SSSR count). The Hall–Kier alpha value is -3.34. The Kier molecular flexibility index (Phi) is 7.89. The summed E-state index contributed by atoms with van der Waals surface area (Å²) in [5.41, 5.74) is 6.77. The van der Waals surface area contributed by atoms with Gasteiger partial charge in [-0.2, -0.15) is 0 Å². The van der Waals surface area contributed by atoms with Crippen LogP contribution in [0.3, 0.4) is 0 Å². The number of carbonyl (C=O) groups is 1. The normalized spacial score (nSPS) is 13.4. The second kappa shape index (κ2) is 10.5. The lowest BCUT2D eigenvalue weighted by Gasteiger charge is -2.18. The van der Waals surface area contributed by atoms with Crippen molar-refractivity contribution in [2.75, 3.05) is 24.4 Å². The molecule has 0 aliphatic carbocycles. The summed E-state index contributed by atoms with van der Waals surface area (Å²) in [6.07, 6.45) is 3.65. The van der Waals surface area contributed by atoms with Gasteiger partial charge in [-0.05, 0) is 43.3 Å². The number of nitrogens with one attached hydrogen (secondary N) is 3. The number of aromatic nitrogens is 1. The van der Waals surface area contributed by atoms with Crippen LogP contribution in [0.5, 0.6) is 11.5 Å². The summed E-state index contributed by atoms with van der Waals surface area (Å²) in [5.74, 6) is -0.204. The van der Waals surface area contributed by atoms with Gasteiger partial charge < -0.3 is 20.5 Å². The number of methoxy groups -OCH3 is 1. The number of hydrogen-bond acceptors (Lipinski definition) is 8. The summed E-state index contributed by atoms with van der Waals surface area (Å²) in [6.45, 7) is 1.75. The third-order valence-corrected chi connectivity index (χ3v) is 6.76. The number of carbonyl (C=O) groups excluding carboxylic acids is 1. The molecule has 9 nitrogen and oxygen atoms in total. The zero-order valence-electron chi connectivity index (χ0n) is 19.0. The quantitative estimate of drug-likeness (QED) is 0.231. The molecule has 1 amide bonds. The standard InChI is InChI=1S/C23H23Cl2N5O4S/c1-12(21-16(24)10-29-11-17(21)25)34-13-4-6-18(26)15(8-13)22(27)23(31)30-19-7-5-14(35(3,28)32)9-20(19)33-2/h4-12,27-28H,26H2,1-3H3,(H,30,31). The molecule has 1 heterocycles. The Morgan fingerprint density at radius 1 is 1.17 bits per heavy atom. The lowest BCUT2D eigenvalue weighted by Crippen LogP contribution is -2.24. The van der Waals surface area contributed by atoms with Gasteiger partial charge >= 0.3 is 0 Å². The summed E-state index contributed by atoms with van der Waals surface area (Å²) in [7, 11) is -1.59. The van der Waals surface area contributed by atoms with Crippen molar-refractivity contribution in [1.29, 1.82) is 10.2 Å². The van der Waals surface area contributed by atoms with E-state index in [9.17, 15) is 9.00 Å². The van der Waals surface area contributed by atoms with E-state index in [-0.39, 0.29) is 27.6 Å². The van der Waals surface area contributed by atoms with Crippen LogP contribution in [0, 0.1) is 10.2 Å². The van der Waals surface area contributed by atoms with Crippen molar-refractivity contribution in [2.24, 2.45) is 0 Å². The molecule has 0 bridgehead atoms. The van der Waals surface area contributed by atoms with Gasteiger partial charge in [0.15, 0.2) is 0 Å². The number of amides is 1. The fraction of sp³-hybridized carbons (Fsp3) is 0.174. The topological polar surface area (TPSA) is 151 Å². The highest BCUT2D eigenvalue weighted by molar-refractivity contribution is 7.91. The molecule has 0 aliphatic heterocycles. The summed E-state index contributed by atoms with van der Waals surface area (Å²) in [5, 5.41) is 11.7. The predicted molar refractivity (Wildman–Crippen MR) is 138 cm³/mol. The average molecular weight is 536 g/mol. The minimum Gasteiger partial charge on any atom is -0.495 e. The van der Waals surface area contributed by atoms with E-state index in [2.05, 4.69) is 10.3 Å². The molecule has 2 aromatic carbocycles. The minimum absolute atomic E-state index is 0.150. The molecule has 0 aliphatic rings. The van der Waals surface area contributed by atoms with E-state index in [0.717, 1.165) is 0 Å². The number of halogens is 2. The second-order valence-corrected chi connectivity index (χ2v) is 10.5. The van der Waals surface area contributed by atoms with Gasteiger partial charge in [-0.1, -0.05) is 23.2 Å². The van der Waals surface area contributed by atoms with Crippen molar-refractivity contribution in [1.82, 2.24) is 4.98 Å². The van der Waals surface area contributed by atoms with E-state index >= 15 is 0 Å². The lowest BCUT2D eigenvalue weighted by molar-refractivity contribution is -0.110. The van der Waals surface area contributed by atoms with Crippen LogP contribution in [-0.2, 0) is 14.5 Å². The van der Waals surface area contributed by atoms with Crippen molar-refractivity contribution in [3.8, 4) is 11.5 Å². The summed E-state index contributed by atoms with van der Waals surface area (Å²) in [4.78, 5) is 17.0. The van der Waals surface area contributed by atoms with Crippen LogP contribution in [-0.4, -0.2) is 34.2 Å². The molecule has 184 valence electrons. The van der Waals surface area contributed by atoms with E-state index in [1.165, 1.54) is 56.1 Å². The van der Waals surface area contributed by atoms with Gasteiger partial charge in [-0.15, -0.1) is 0 Å². The number of nitrogens with zero attached hydrogens (tertiary/aromatic N) is 1. The molecule has 2 atom stereocenters. The van der Waals surface area contributed by atoms with Gasteiger partial charge in [0.05, 0.1) is 37.5 Å². The van der Waals surface area contributed by atoms with Crippen molar-refractivity contribution in [3.05, 3.63) is 70.0 Å². The summed E-state index contributed by atoms with van der Waals surface area (Å²) < 4.78 is 30.9. The number of anilines is 2. The van der Waals surface area contributed by atoms with E-state index < -0.39 is 27.5 Å². The van der Waals surface area contributed by atoms with Crippen molar-refractivity contribution >= 4 is 55.9 Å². The fourth-order valence-corrected chi connectivity index (χ4v) is 4.55. The second-order valence-electron chi connectivity index (χ2n) is 7.56. The monoisotopic (exact) mass is 535 g/mol. The van der Waals surface area contributed by atoms with Crippen LogP contribution >= 0.6 is 23.2 Å². The third kappa shape index (κ3) is 6.02. The molecule has 12 heteroatoms. The highest BCUT2D eigenvalue weighted by Crippen LogP contribution is 2.33. The van der Waals surface area contributed by atoms with E-state index in [1.54, 1.807) is 13.0 Å². The van der Waals surface area contributed by atoms with Crippen molar-refractivity contribution in [3.63, 3.8) is 0 Å². The fourth-order valence-electron chi connectivity index (χ4n) is 3.22. The van der Waals surface area contributed by atoms with Gasteiger partial charge in [0.2, 0.25) is 0 Å². The molecule has 0 saturated heterocycles. The number of nitrogens with two attached hydrogens (primary N) is 1. The molecule has 0 fully saturated rings. The molecule has 35 heavy (non-hydrogen) atoms. The molecule has 0 saturated carbocycles. The molecule has 3 aromatic rings. The Balaban J connectivity index is 1.83. The Morgan fingerprint density at radius 2 is 1.83 bits per heavy atom. The zero-order chi connectivity index (χ0) is 25.9. The number of benzene rings is 2. The Bertz CT molecular complexity index is 1390. The molecule has 2 unspecified atom stereocenters. The van der Waals surface area contributed by atoms with Gasteiger partial charge in [-0.3, -0.25) is 15.2 Å². The Labute approximate surface area is 213 Å². The van der Waals surface area contributed by atoms with Crippen LogP contribution in [0.15, 0.2) is 53.7 Å². The Morgan fingerprint density at radius 3 is 2.43 bits per heavy atom. The maximum Gasteiger partial charge on any atom is 0.274 e. The highest BCUT2D eigenvalue weighted by atomic mass is 35.5. The van der Waals surface area contributed by atoms with Gasteiger partial charge in [0.1, 0.15) is 23.3 Å². The van der Waals surface area contributed by atoms with Gasteiger partial charge in [0, 0.05) is 35.5 Å². The molecular formula is C23H23Cl2N5O4S. The number of rotatable bonds is 8. The first-order chi connectivity index (χ1) is 16.4. The predicted octanol–water partition coefficient (Wildman–Crippen LogP) is 5.16. The van der Waals surface area contributed by atoms with E-state index in [1.807, 2.05) is 0 Å². The number of hydrogen-bond donors (Lipinski definition) is 4. The minimum atomic E-state index is -2.97. The molecule has 5 N–H and O–H groups in total. The van der Waals surface area contributed by atoms with Crippen LogP contribution in [0.2, 0.25) is 10.0 Å². The van der Waals surface area contributed by atoms with Gasteiger partial charge in [-0.25, -0.2) is 8.99 Å². The SMILES string of the molecule is COc1cc(S(C)(=N)=O)ccc1NC(=O)C(=N)c1cc(OC(C)c2c(Cl)cncc2Cl)ccc1N. The zero-order valence-corrected chi connectivity index (χ0v) is 21.3. The number of nitrogen functional groups attached to an aromatic ring is 1. The first-order valence-electron chi connectivity index (χ1n) is 10.1. The maximum absolute atomic E-state index is 12.8. The van der Waals surface area contributed by atoms with Crippen LogP contribution in [0.25, 0.3) is 0 Å². The van der Waals surface area contributed by atoms with Crippen molar-refractivity contribution in [2.45, 2.75) is 17.9 Å². The highest BCUT2D eigenvalue weighted by Gasteiger charge is 2.20. The largest absolute Gasteiger partial charge is 0.495 e. The first-order valence-corrected chi connectivity index (χ1v) is 12.8. The summed E-state index contributed by atoms with van der Waals surface area (Å²) in [6, 6.07) is 8.93. The number of pyridine rings is 1. The van der Waals surface area contributed by atoms with Crippen LogP contribution < -0.4 is 20.5 Å². The van der Waals surface area contributed by atoms with E-state index in [4.69, 9.17) is 48.6 Å². The smallest absolute Gasteiger partial charge is 0.274 e. The molecule has 0 spiro atoms. The van der Waals surface area contributed by atoms with E-state index in [0.29, 0.717) is 21.4 Å². The third-order valence-electron chi connectivity index (χ3n) is 5.00. The lowest BCUT2D eigenvalue weighted by atomic mass is 10.1. The molecular weight excluding hydrogens is 513 g/mol. The summed E-state index contributed by atoms with van der Waals surface area (Å²) >= 11 is 12.4.